The van der Waals surface area contributed by atoms with Gasteiger partial charge in [-0.1, -0.05) is 30.3 Å². The predicted octanol–water partition coefficient (Wildman–Crippen LogP) is 1.80. The summed E-state index contributed by atoms with van der Waals surface area (Å²) in [6, 6.07) is 10.2. The highest BCUT2D eigenvalue weighted by atomic mass is 16.5. The number of amides is 3. The Hall–Kier alpha value is -3.22. The van der Waals surface area contributed by atoms with Gasteiger partial charge < -0.3 is 4.74 Å². The van der Waals surface area contributed by atoms with Crippen molar-refractivity contribution in [3.63, 3.8) is 0 Å². The Kier molecular flexibility index (Phi) is 4.93. The average molecular weight is 328 g/mol. The van der Waals surface area contributed by atoms with Crippen molar-refractivity contribution < 1.29 is 23.9 Å². The molecule has 0 aliphatic heterocycles. The molecule has 0 unspecified atom stereocenters. The number of hydrogen-bond acceptors (Lipinski definition) is 5. The summed E-state index contributed by atoms with van der Waals surface area (Å²) in [5.74, 6) is -2.51. The van der Waals surface area contributed by atoms with Crippen LogP contribution in [0, 0.1) is 0 Å². The van der Waals surface area contributed by atoms with Crippen LogP contribution in [0.4, 0.5) is 0 Å². The molecular weight excluding hydrogens is 312 g/mol. The summed E-state index contributed by atoms with van der Waals surface area (Å²) in [7, 11) is 0. The van der Waals surface area contributed by atoms with Crippen LogP contribution in [-0.4, -0.2) is 28.7 Å². The first-order chi connectivity index (χ1) is 11.3. The minimum Gasteiger partial charge on any atom is -0.425 e. The number of nitrogens with one attached hydrogen (secondary N) is 1. The molecule has 2 rings (SSSR count). The Morgan fingerprint density at radius 2 is 1.54 bits per heavy atom. The van der Waals surface area contributed by atoms with Crippen LogP contribution in [0.5, 0.6) is 5.75 Å². The van der Waals surface area contributed by atoms with Gasteiger partial charge in [0.15, 0.2) is 5.75 Å². The van der Waals surface area contributed by atoms with Gasteiger partial charge in [0.25, 0.3) is 5.91 Å². The van der Waals surface area contributed by atoms with E-state index < -0.39 is 23.7 Å². The van der Waals surface area contributed by atoms with E-state index in [0.717, 1.165) is 19.2 Å². The van der Waals surface area contributed by atoms with Gasteiger partial charge >= 0.3 is 5.97 Å². The van der Waals surface area contributed by atoms with Crippen molar-refractivity contribution in [2.45, 2.75) is 20.8 Å². The fourth-order valence-corrected chi connectivity index (χ4v) is 2.22. The second-order valence-electron chi connectivity index (χ2n) is 5.07. The first kappa shape index (κ1) is 17.1. The van der Waals surface area contributed by atoms with E-state index in [-0.39, 0.29) is 11.3 Å². The van der Waals surface area contributed by atoms with Crippen LogP contribution in [0.25, 0.3) is 10.8 Å². The molecule has 0 radical (unpaired) electrons. The molecule has 0 bridgehead atoms. The lowest BCUT2D eigenvalue weighted by atomic mass is 10.0. The number of imide groups is 1. The number of hydrogen-bond donors (Lipinski definition) is 1. The zero-order valence-electron chi connectivity index (χ0n) is 13.5. The molecule has 0 saturated carbocycles. The van der Waals surface area contributed by atoms with E-state index in [4.69, 9.17) is 4.74 Å². The first-order valence-corrected chi connectivity index (χ1v) is 7.13. The van der Waals surface area contributed by atoms with E-state index in [2.05, 4.69) is 5.43 Å². The van der Waals surface area contributed by atoms with E-state index in [9.17, 15) is 19.2 Å². The summed E-state index contributed by atoms with van der Waals surface area (Å²) < 4.78 is 5.19. The molecule has 2 aromatic rings. The highest BCUT2D eigenvalue weighted by Crippen LogP contribution is 2.30. The normalized spacial score (nSPS) is 10.1. The largest absolute Gasteiger partial charge is 0.425 e. The molecule has 0 aliphatic carbocycles. The molecular formula is C17H16N2O5. The molecule has 0 aromatic heterocycles. The summed E-state index contributed by atoms with van der Waals surface area (Å²) >= 11 is 0. The molecule has 3 amide bonds. The number of fused-ring (bicyclic) bond motifs is 1. The third-order valence-electron chi connectivity index (χ3n) is 3.21. The molecule has 0 aliphatic rings. The number of carbonyl (C=O) groups excluding carboxylic acids is 4. The SMILES string of the molecule is CC(=O)Oc1c(C(=O)NN(C(C)=O)C(C)=O)ccc2ccccc12. The number of esters is 1. The van der Waals surface area contributed by atoms with Crippen LogP contribution in [0.2, 0.25) is 0 Å². The molecule has 0 heterocycles. The van der Waals surface area contributed by atoms with Crippen molar-refractivity contribution in [2.24, 2.45) is 0 Å². The lowest BCUT2D eigenvalue weighted by Gasteiger charge is -2.19. The third kappa shape index (κ3) is 3.57. The minimum atomic E-state index is -0.734. The summed E-state index contributed by atoms with van der Waals surface area (Å²) in [5, 5.41) is 1.94. The van der Waals surface area contributed by atoms with Crippen LogP contribution in [0.15, 0.2) is 36.4 Å². The number of ether oxygens (including phenoxy) is 1. The van der Waals surface area contributed by atoms with E-state index in [1.807, 2.05) is 12.1 Å². The number of benzene rings is 2. The van der Waals surface area contributed by atoms with Gasteiger partial charge in [-0.25, -0.2) is 0 Å². The summed E-state index contributed by atoms with van der Waals surface area (Å²) in [4.78, 5) is 46.7. The van der Waals surface area contributed by atoms with Crippen LogP contribution in [-0.2, 0) is 14.4 Å². The van der Waals surface area contributed by atoms with Crippen molar-refractivity contribution in [2.75, 3.05) is 0 Å². The van der Waals surface area contributed by atoms with E-state index in [1.54, 1.807) is 18.2 Å². The second kappa shape index (κ2) is 6.91. The Balaban J connectivity index is 2.50. The van der Waals surface area contributed by atoms with Gasteiger partial charge in [-0.3, -0.25) is 24.6 Å². The molecule has 2 aromatic carbocycles. The average Bonchev–Trinajstić information content (AvgIpc) is 2.51. The van der Waals surface area contributed by atoms with Crippen molar-refractivity contribution in [1.82, 2.24) is 10.4 Å². The zero-order valence-corrected chi connectivity index (χ0v) is 13.5. The lowest BCUT2D eigenvalue weighted by molar-refractivity contribution is -0.145. The van der Waals surface area contributed by atoms with Crippen LogP contribution >= 0.6 is 0 Å². The second-order valence-corrected chi connectivity index (χ2v) is 5.07. The van der Waals surface area contributed by atoms with Gasteiger partial charge in [0.2, 0.25) is 11.8 Å². The Bertz CT molecular complexity index is 830. The maximum Gasteiger partial charge on any atom is 0.308 e. The van der Waals surface area contributed by atoms with E-state index in [0.29, 0.717) is 10.4 Å². The van der Waals surface area contributed by atoms with Gasteiger partial charge in [-0.05, 0) is 11.5 Å². The van der Waals surface area contributed by atoms with E-state index in [1.165, 1.54) is 13.0 Å². The van der Waals surface area contributed by atoms with Gasteiger partial charge in [0, 0.05) is 26.2 Å². The third-order valence-corrected chi connectivity index (χ3v) is 3.21. The Morgan fingerprint density at radius 3 is 2.12 bits per heavy atom. The van der Waals surface area contributed by atoms with Crippen LogP contribution < -0.4 is 10.2 Å². The quantitative estimate of drug-likeness (QED) is 0.515. The van der Waals surface area contributed by atoms with Gasteiger partial charge in [0.05, 0.1) is 5.56 Å². The number of nitrogens with zero attached hydrogens (tertiary/aromatic N) is 1. The number of hydrazine groups is 1. The summed E-state index contributed by atoms with van der Waals surface area (Å²) in [6.07, 6.45) is 0. The molecule has 0 spiro atoms. The fraction of sp³-hybridized carbons (Fsp3) is 0.176. The number of rotatable bonds is 2. The smallest absolute Gasteiger partial charge is 0.308 e. The molecule has 0 fully saturated rings. The van der Waals surface area contributed by atoms with Gasteiger partial charge in [0.1, 0.15) is 0 Å². The Labute approximate surface area is 138 Å². The summed E-state index contributed by atoms with van der Waals surface area (Å²) in [6.45, 7) is 3.52. The minimum absolute atomic E-state index is 0.0383. The monoisotopic (exact) mass is 328 g/mol. The van der Waals surface area contributed by atoms with Gasteiger partial charge in [-0.2, -0.15) is 5.01 Å². The molecule has 0 atom stereocenters. The first-order valence-electron chi connectivity index (χ1n) is 7.13. The molecule has 124 valence electrons. The molecule has 7 heteroatoms. The highest BCUT2D eigenvalue weighted by Gasteiger charge is 2.22. The van der Waals surface area contributed by atoms with Gasteiger partial charge in [-0.15, -0.1) is 0 Å². The standard InChI is InChI=1S/C17H16N2O5/c1-10(20)19(11(2)21)18-17(23)15-9-8-13-6-4-5-7-14(13)16(15)24-12(3)22/h4-9H,1-3H3,(H,18,23). The van der Waals surface area contributed by atoms with Crippen molar-refractivity contribution in [1.29, 1.82) is 0 Å². The fourth-order valence-electron chi connectivity index (χ4n) is 2.22. The molecule has 0 saturated heterocycles. The van der Waals surface area contributed by atoms with Crippen molar-refractivity contribution in [3.05, 3.63) is 42.0 Å². The predicted molar refractivity (Wildman–Crippen MR) is 85.9 cm³/mol. The van der Waals surface area contributed by atoms with Crippen LogP contribution in [0.1, 0.15) is 31.1 Å². The molecule has 24 heavy (non-hydrogen) atoms. The van der Waals surface area contributed by atoms with Crippen molar-refractivity contribution >= 4 is 34.5 Å². The topological polar surface area (TPSA) is 92.8 Å². The maximum atomic E-state index is 12.5. The molecule has 1 N–H and O–H groups in total. The summed E-state index contributed by atoms with van der Waals surface area (Å²) in [5.41, 5.74) is 2.25. The zero-order chi connectivity index (χ0) is 17.9. The Morgan fingerprint density at radius 1 is 0.917 bits per heavy atom. The highest BCUT2D eigenvalue weighted by molar-refractivity contribution is 6.06. The maximum absolute atomic E-state index is 12.5. The van der Waals surface area contributed by atoms with Crippen molar-refractivity contribution in [3.8, 4) is 5.75 Å². The van der Waals surface area contributed by atoms with Crippen LogP contribution in [0.3, 0.4) is 0 Å². The lowest BCUT2D eigenvalue weighted by Crippen LogP contribution is -2.48. The number of carbonyl (C=O) groups is 4. The van der Waals surface area contributed by atoms with E-state index >= 15 is 0 Å². The molecule has 7 nitrogen and oxygen atoms in total.